The Bertz CT molecular complexity index is 1070. The zero-order valence-electron chi connectivity index (χ0n) is 11.3. The van der Waals surface area contributed by atoms with Gasteiger partial charge in [0, 0.05) is 23.9 Å². The number of aromatic nitrogens is 2. The Kier molecular flexibility index (Phi) is 3.30. The summed E-state index contributed by atoms with van der Waals surface area (Å²) in [7, 11) is 0. The quantitative estimate of drug-likeness (QED) is 0.517. The molecule has 0 aliphatic rings. The topological polar surface area (TPSA) is 94.6 Å². The van der Waals surface area contributed by atoms with Gasteiger partial charge in [-0.1, -0.05) is 23.5 Å². The number of fused-ring (bicyclic) bond motifs is 1. The molecule has 0 saturated carbocycles. The van der Waals surface area contributed by atoms with Gasteiger partial charge >= 0.3 is 0 Å². The van der Waals surface area contributed by atoms with Crippen molar-refractivity contribution < 1.29 is 4.92 Å². The van der Waals surface area contributed by atoms with Crippen molar-refractivity contribution in [3.63, 3.8) is 0 Å². The number of hydrogen-bond donors (Lipinski definition) is 0. The summed E-state index contributed by atoms with van der Waals surface area (Å²) in [6, 6.07) is 7.27. The molecule has 8 heteroatoms. The van der Waals surface area contributed by atoms with Crippen molar-refractivity contribution in [1.82, 2.24) is 9.38 Å². The van der Waals surface area contributed by atoms with E-state index in [2.05, 4.69) is 4.98 Å². The molecule has 3 rings (SSSR count). The van der Waals surface area contributed by atoms with Crippen LogP contribution in [0, 0.1) is 17.0 Å². The van der Waals surface area contributed by atoms with Crippen LogP contribution >= 0.6 is 11.3 Å². The average molecular weight is 315 g/mol. The highest BCUT2D eigenvalue weighted by atomic mass is 32.1. The zero-order chi connectivity index (χ0) is 15.9. The second-order valence-corrected chi connectivity index (χ2v) is 5.63. The Hall–Kier alpha value is -2.87. The van der Waals surface area contributed by atoms with Gasteiger partial charge in [-0.25, -0.2) is 0 Å². The molecule has 7 nitrogen and oxygen atoms in total. The number of non-ortho nitro benzene ring substituents is 1. The summed E-state index contributed by atoms with van der Waals surface area (Å²) >= 11 is 1.08. The van der Waals surface area contributed by atoms with E-state index in [1.165, 1.54) is 22.6 Å². The molecule has 22 heavy (non-hydrogen) atoms. The van der Waals surface area contributed by atoms with E-state index in [9.17, 15) is 19.7 Å². The van der Waals surface area contributed by atoms with Crippen molar-refractivity contribution in [2.24, 2.45) is 0 Å². The van der Waals surface area contributed by atoms with Crippen molar-refractivity contribution in [2.75, 3.05) is 0 Å². The fraction of sp³-hybridized carbons (Fsp3) is 0.0714. The lowest BCUT2D eigenvalue weighted by Crippen LogP contribution is -2.25. The number of hydrogen-bond acceptors (Lipinski definition) is 6. The molecule has 2 aromatic heterocycles. The summed E-state index contributed by atoms with van der Waals surface area (Å²) in [5.41, 5.74) is 0.302. The van der Waals surface area contributed by atoms with Crippen LogP contribution in [0.25, 0.3) is 11.0 Å². The zero-order valence-corrected chi connectivity index (χ0v) is 12.2. The third kappa shape index (κ3) is 2.40. The van der Waals surface area contributed by atoms with Crippen LogP contribution in [-0.4, -0.2) is 14.3 Å². The second-order valence-electron chi connectivity index (χ2n) is 4.62. The van der Waals surface area contributed by atoms with Crippen molar-refractivity contribution in [1.29, 1.82) is 0 Å². The second kappa shape index (κ2) is 5.15. The Morgan fingerprint density at radius 2 is 2.09 bits per heavy atom. The van der Waals surface area contributed by atoms with E-state index in [1.807, 2.05) is 0 Å². The normalized spacial score (nSPS) is 12.0. The van der Waals surface area contributed by atoms with Gasteiger partial charge in [-0.3, -0.25) is 24.1 Å². The van der Waals surface area contributed by atoms with Gasteiger partial charge in [-0.15, -0.1) is 0 Å². The summed E-state index contributed by atoms with van der Waals surface area (Å²) < 4.78 is 1.72. The Morgan fingerprint density at radius 1 is 1.32 bits per heavy atom. The summed E-state index contributed by atoms with van der Waals surface area (Å²) in [6.45, 7) is 1.65. The highest BCUT2D eigenvalue weighted by Gasteiger charge is 2.09. The lowest BCUT2D eigenvalue weighted by Gasteiger charge is -1.94. The summed E-state index contributed by atoms with van der Waals surface area (Å²) in [6.07, 6.45) is 1.55. The molecule has 0 saturated heterocycles. The maximum absolute atomic E-state index is 12.3. The number of aryl methyl sites for hydroxylation is 1. The predicted molar refractivity (Wildman–Crippen MR) is 82.2 cm³/mol. The number of nitro benzene ring substituents is 1. The molecule has 1 aromatic carbocycles. The monoisotopic (exact) mass is 315 g/mol. The van der Waals surface area contributed by atoms with Crippen molar-refractivity contribution in [3.05, 3.63) is 76.9 Å². The van der Waals surface area contributed by atoms with Gasteiger partial charge in [0.2, 0.25) is 4.96 Å². The van der Waals surface area contributed by atoms with Crippen LogP contribution < -0.4 is 15.7 Å². The van der Waals surface area contributed by atoms with E-state index < -0.39 is 10.5 Å². The van der Waals surface area contributed by atoms with Crippen LogP contribution in [0.15, 0.2) is 39.9 Å². The lowest BCUT2D eigenvalue weighted by atomic mass is 10.2. The fourth-order valence-corrected chi connectivity index (χ4v) is 3.13. The fourth-order valence-electron chi connectivity index (χ4n) is 2.11. The molecule has 0 amide bonds. The standard InChI is InChI=1S/C14H9N3O4S/c1-8-5-12(18)15-14-16(8)13(19)11(22-14)7-9-3-2-4-10(6-9)17(20)21/h2-7H,1H3/b11-7-. The van der Waals surface area contributed by atoms with E-state index in [-0.39, 0.29) is 11.2 Å². The van der Waals surface area contributed by atoms with Crippen molar-refractivity contribution in [2.45, 2.75) is 6.92 Å². The highest BCUT2D eigenvalue weighted by molar-refractivity contribution is 7.15. The number of nitrogens with zero attached hydrogens (tertiary/aromatic N) is 3. The highest BCUT2D eigenvalue weighted by Crippen LogP contribution is 2.13. The number of thiazole rings is 1. The predicted octanol–water partition coefficient (Wildman–Crippen LogP) is 0.881. The minimum absolute atomic E-state index is 0.0499. The molecule has 0 fully saturated rings. The molecule has 0 aliphatic carbocycles. The number of benzene rings is 1. The molecule has 0 unspecified atom stereocenters. The lowest BCUT2D eigenvalue weighted by molar-refractivity contribution is -0.384. The third-order valence-electron chi connectivity index (χ3n) is 3.08. The Balaban J connectivity index is 2.26. The van der Waals surface area contributed by atoms with E-state index in [1.54, 1.807) is 25.1 Å². The number of nitro groups is 1. The molecule has 2 heterocycles. The molecule has 0 aliphatic heterocycles. The Labute approximate surface area is 126 Å². The molecule has 0 atom stereocenters. The van der Waals surface area contributed by atoms with Gasteiger partial charge in [0.05, 0.1) is 9.46 Å². The van der Waals surface area contributed by atoms with E-state index in [0.717, 1.165) is 11.3 Å². The summed E-state index contributed by atoms with van der Waals surface area (Å²) in [5, 5.41) is 10.8. The first-order chi connectivity index (χ1) is 10.5. The van der Waals surface area contributed by atoms with Crippen LogP contribution in [0.5, 0.6) is 0 Å². The molecule has 110 valence electrons. The average Bonchev–Trinajstić information content (AvgIpc) is 2.75. The van der Waals surface area contributed by atoms with Crippen molar-refractivity contribution in [3.8, 4) is 0 Å². The van der Waals surface area contributed by atoms with Crippen LogP contribution in [0.3, 0.4) is 0 Å². The van der Waals surface area contributed by atoms with Crippen molar-refractivity contribution >= 4 is 28.1 Å². The minimum Gasteiger partial charge on any atom is -0.267 e. The third-order valence-corrected chi connectivity index (χ3v) is 4.04. The van der Waals surface area contributed by atoms with Gasteiger partial charge in [0.25, 0.3) is 16.8 Å². The van der Waals surface area contributed by atoms with E-state index >= 15 is 0 Å². The van der Waals surface area contributed by atoms with Gasteiger partial charge < -0.3 is 0 Å². The molecule has 0 N–H and O–H groups in total. The smallest absolute Gasteiger partial charge is 0.267 e. The first-order valence-corrected chi connectivity index (χ1v) is 7.07. The van der Waals surface area contributed by atoms with Crippen LogP contribution in [-0.2, 0) is 0 Å². The molecule has 0 bridgehead atoms. The van der Waals surface area contributed by atoms with E-state index in [4.69, 9.17) is 0 Å². The van der Waals surface area contributed by atoms with Gasteiger partial charge in [0.15, 0.2) is 0 Å². The molecule has 0 radical (unpaired) electrons. The molecular weight excluding hydrogens is 306 g/mol. The maximum Gasteiger partial charge on any atom is 0.274 e. The molecule has 3 aromatic rings. The largest absolute Gasteiger partial charge is 0.274 e. The first kappa shape index (κ1) is 14.1. The maximum atomic E-state index is 12.3. The molecule has 0 spiro atoms. The Morgan fingerprint density at radius 3 is 2.82 bits per heavy atom. The minimum atomic E-state index is -0.496. The first-order valence-electron chi connectivity index (χ1n) is 6.25. The van der Waals surface area contributed by atoms with Crippen LogP contribution in [0.4, 0.5) is 5.69 Å². The van der Waals surface area contributed by atoms with Gasteiger partial charge in [-0.2, -0.15) is 4.98 Å². The van der Waals surface area contributed by atoms with E-state index in [0.29, 0.717) is 20.8 Å². The van der Waals surface area contributed by atoms with Gasteiger partial charge in [0.1, 0.15) is 0 Å². The van der Waals surface area contributed by atoms with Crippen LogP contribution in [0.2, 0.25) is 0 Å². The molecular formula is C14H9N3O4S. The number of rotatable bonds is 2. The SMILES string of the molecule is Cc1cc(=O)nc2s/c(=C\c3cccc([N+](=O)[O-])c3)c(=O)n12. The van der Waals surface area contributed by atoms with Gasteiger partial charge in [-0.05, 0) is 18.6 Å². The summed E-state index contributed by atoms with van der Waals surface area (Å²) in [5.74, 6) is 0. The summed E-state index contributed by atoms with van der Waals surface area (Å²) in [4.78, 5) is 38.1. The van der Waals surface area contributed by atoms with Crippen LogP contribution in [0.1, 0.15) is 11.3 Å².